The normalized spacial score (nSPS) is 20.5. The van der Waals surface area contributed by atoms with Gasteiger partial charge in [-0.05, 0) is 24.7 Å². The number of carbonyl (C=O) groups excluding carboxylic acids is 1. The lowest BCUT2D eigenvalue weighted by molar-refractivity contribution is -0.134. The first kappa shape index (κ1) is 13.8. The Morgan fingerprint density at radius 1 is 1.47 bits per heavy atom. The molecule has 1 atom stereocenters. The molecule has 5 nitrogen and oxygen atoms in total. The molecule has 1 heterocycles. The average molecular weight is 263 g/mol. The molecule has 0 saturated carbocycles. The molecule has 1 aliphatic heterocycles. The van der Waals surface area contributed by atoms with E-state index >= 15 is 0 Å². The molecule has 3 N–H and O–H groups in total. The summed E-state index contributed by atoms with van der Waals surface area (Å²) in [5.74, 6) is 0.271. The minimum absolute atomic E-state index is 0.0779. The van der Waals surface area contributed by atoms with Gasteiger partial charge in [0.1, 0.15) is 5.75 Å². The molecule has 1 saturated heterocycles. The first-order valence-corrected chi connectivity index (χ1v) is 6.56. The fourth-order valence-electron chi connectivity index (χ4n) is 2.48. The molecule has 0 spiro atoms. The van der Waals surface area contributed by atoms with Crippen molar-refractivity contribution < 1.29 is 9.90 Å². The van der Waals surface area contributed by atoms with Crippen LogP contribution in [-0.2, 0) is 11.2 Å². The van der Waals surface area contributed by atoms with Crippen LogP contribution >= 0.6 is 0 Å². The van der Waals surface area contributed by atoms with Gasteiger partial charge in [0.15, 0.2) is 0 Å². The number of nitrogens with zero attached hydrogens (tertiary/aromatic N) is 2. The predicted octanol–water partition coefficient (Wildman–Crippen LogP) is 0.0360. The van der Waals surface area contributed by atoms with Crippen molar-refractivity contribution in [1.82, 2.24) is 9.80 Å². The number of amides is 1. The number of piperazine rings is 1. The maximum absolute atomic E-state index is 12.3. The number of hydrogen-bond donors (Lipinski definition) is 2. The molecule has 0 aliphatic carbocycles. The average Bonchev–Trinajstić information content (AvgIpc) is 2.38. The quantitative estimate of drug-likeness (QED) is 0.807. The molecule has 19 heavy (non-hydrogen) atoms. The third-order valence-electron chi connectivity index (χ3n) is 3.54. The van der Waals surface area contributed by atoms with Crippen molar-refractivity contribution in [3.05, 3.63) is 29.8 Å². The van der Waals surface area contributed by atoms with Gasteiger partial charge in [-0.2, -0.15) is 0 Å². The van der Waals surface area contributed by atoms with E-state index in [2.05, 4.69) is 4.90 Å². The Kier molecular flexibility index (Phi) is 4.39. The second-order valence-electron chi connectivity index (χ2n) is 5.09. The van der Waals surface area contributed by atoms with Crippen LogP contribution in [0.1, 0.15) is 5.56 Å². The highest BCUT2D eigenvalue weighted by Gasteiger charge is 2.27. The van der Waals surface area contributed by atoms with Gasteiger partial charge in [0.25, 0.3) is 0 Å². The maximum atomic E-state index is 12.3. The highest BCUT2D eigenvalue weighted by atomic mass is 16.3. The summed E-state index contributed by atoms with van der Waals surface area (Å²) in [5.41, 5.74) is 6.58. The second-order valence-corrected chi connectivity index (χ2v) is 5.09. The zero-order valence-electron chi connectivity index (χ0n) is 11.2. The number of phenolic OH excluding ortho intramolecular Hbond substituents is 1. The summed E-state index contributed by atoms with van der Waals surface area (Å²) in [4.78, 5) is 16.4. The summed E-state index contributed by atoms with van der Waals surface area (Å²) in [7, 11) is 2.04. The fraction of sp³-hybridized carbons (Fsp3) is 0.500. The van der Waals surface area contributed by atoms with Crippen molar-refractivity contribution >= 4 is 5.91 Å². The van der Waals surface area contributed by atoms with Gasteiger partial charge >= 0.3 is 0 Å². The summed E-state index contributed by atoms with van der Waals surface area (Å²) < 4.78 is 0. The first-order chi connectivity index (χ1) is 9.10. The van der Waals surface area contributed by atoms with E-state index in [-0.39, 0.29) is 17.7 Å². The van der Waals surface area contributed by atoms with E-state index in [1.54, 1.807) is 18.2 Å². The smallest absolute Gasteiger partial charge is 0.227 e. The molecular weight excluding hydrogens is 242 g/mol. The number of rotatable bonds is 3. The highest BCUT2D eigenvalue weighted by Crippen LogP contribution is 2.14. The molecule has 0 bridgehead atoms. The number of phenols is 1. The zero-order valence-corrected chi connectivity index (χ0v) is 11.2. The van der Waals surface area contributed by atoms with Gasteiger partial charge in [0, 0.05) is 26.2 Å². The van der Waals surface area contributed by atoms with Crippen LogP contribution in [0, 0.1) is 0 Å². The van der Waals surface area contributed by atoms with Gasteiger partial charge in [-0.1, -0.05) is 12.1 Å². The number of aromatic hydroxyl groups is 1. The third-order valence-corrected chi connectivity index (χ3v) is 3.54. The minimum Gasteiger partial charge on any atom is -0.508 e. The van der Waals surface area contributed by atoms with Crippen LogP contribution in [0.2, 0.25) is 0 Å². The van der Waals surface area contributed by atoms with Gasteiger partial charge in [0.05, 0.1) is 12.5 Å². The van der Waals surface area contributed by atoms with Crippen LogP contribution in [0.5, 0.6) is 5.75 Å². The summed E-state index contributed by atoms with van der Waals surface area (Å²) in [6.07, 6.45) is 0.314. The summed E-state index contributed by atoms with van der Waals surface area (Å²) in [5, 5.41) is 9.42. The predicted molar refractivity (Wildman–Crippen MR) is 73.9 cm³/mol. The summed E-state index contributed by atoms with van der Waals surface area (Å²) in [6.45, 7) is 2.90. The lowest BCUT2D eigenvalue weighted by Gasteiger charge is -2.39. The van der Waals surface area contributed by atoms with E-state index < -0.39 is 0 Å². The van der Waals surface area contributed by atoms with Crippen molar-refractivity contribution in [2.75, 3.05) is 33.2 Å². The Morgan fingerprint density at radius 2 is 2.26 bits per heavy atom. The van der Waals surface area contributed by atoms with Crippen LogP contribution < -0.4 is 5.73 Å². The van der Waals surface area contributed by atoms with E-state index in [0.717, 1.165) is 25.2 Å². The lowest BCUT2D eigenvalue weighted by atomic mass is 10.1. The SMILES string of the molecule is CN1CCN(C(=O)Cc2cccc(O)c2)C(CN)C1. The van der Waals surface area contributed by atoms with E-state index in [1.165, 1.54) is 0 Å². The molecule has 5 heteroatoms. The van der Waals surface area contributed by atoms with Crippen molar-refractivity contribution in [3.63, 3.8) is 0 Å². The molecule has 1 unspecified atom stereocenters. The highest BCUT2D eigenvalue weighted by molar-refractivity contribution is 5.79. The maximum Gasteiger partial charge on any atom is 0.227 e. The fourth-order valence-corrected chi connectivity index (χ4v) is 2.48. The van der Waals surface area contributed by atoms with Gasteiger partial charge in [-0.15, -0.1) is 0 Å². The second kappa shape index (κ2) is 6.04. The van der Waals surface area contributed by atoms with Crippen LogP contribution in [0.4, 0.5) is 0 Å². The molecule has 1 aromatic rings. The molecule has 1 aliphatic rings. The van der Waals surface area contributed by atoms with Crippen molar-refractivity contribution in [1.29, 1.82) is 0 Å². The zero-order chi connectivity index (χ0) is 13.8. The third kappa shape index (κ3) is 3.45. The number of benzene rings is 1. The number of carbonyl (C=O) groups is 1. The summed E-state index contributed by atoms with van der Waals surface area (Å²) >= 11 is 0. The Hall–Kier alpha value is -1.59. The molecule has 1 fully saturated rings. The van der Waals surface area contributed by atoms with Crippen molar-refractivity contribution in [3.8, 4) is 5.75 Å². The largest absolute Gasteiger partial charge is 0.508 e. The molecule has 0 aromatic heterocycles. The van der Waals surface area contributed by atoms with E-state index in [0.29, 0.717) is 13.0 Å². The molecule has 2 rings (SSSR count). The Morgan fingerprint density at radius 3 is 2.95 bits per heavy atom. The van der Waals surface area contributed by atoms with E-state index in [1.807, 2.05) is 18.0 Å². The van der Waals surface area contributed by atoms with Crippen LogP contribution in [0.15, 0.2) is 24.3 Å². The Balaban J connectivity index is 2.02. The van der Waals surface area contributed by atoms with Crippen LogP contribution in [0.3, 0.4) is 0 Å². The van der Waals surface area contributed by atoms with Gasteiger partial charge in [0.2, 0.25) is 5.91 Å². The van der Waals surface area contributed by atoms with Gasteiger partial charge in [-0.3, -0.25) is 4.79 Å². The lowest BCUT2D eigenvalue weighted by Crippen LogP contribution is -2.57. The first-order valence-electron chi connectivity index (χ1n) is 6.56. The molecule has 1 aromatic carbocycles. The Labute approximate surface area is 113 Å². The molecule has 104 valence electrons. The molecule has 0 radical (unpaired) electrons. The van der Waals surface area contributed by atoms with Gasteiger partial charge in [-0.25, -0.2) is 0 Å². The van der Waals surface area contributed by atoms with Crippen molar-refractivity contribution in [2.24, 2.45) is 5.73 Å². The van der Waals surface area contributed by atoms with Gasteiger partial charge < -0.3 is 20.6 Å². The minimum atomic E-state index is 0.0779. The monoisotopic (exact) mass is 263 g/mol. The van der Waals surface area contributed by atoms with Crippen molar-refractivity contribution in [2.45, 2.75) is 12.5 Å². The summed E-state index contributed by atoms with van der Waals surface area (Å²) in [6, 6.07) is 6.93. The van der Waals surface area contributed by atoms with Crippen LogP contribution in [0.25, 0.3) is 0 Å². The molecule has 1 amide bonds. The van der Waals surface area contributed by atoms with E-state index in [9.17, 15) is 9.90 Å². The van der Waals surface area contributed by atoms with Crippen LogP contribution in [-0.4, -0.2) is 60.1 Å². The standard InChI is InChI=1S/C14H21N3O2/c1-16-5-6-17(12(9-15)10-16)14(19)8-11-3-2-4-13(18)7-11/h2-4,7,12,18H,5-6,8-10,15H2,1H3. The molecular formula is C14H21N3O2. The Bertz CT molecular complexity index is 450. The van der Waals surface area contributed by atoms with E-state index in [4.69, 9.17) is 5.73 Å². The number of likely N-dealkylation sites (N-methyl/N-ethyl adjacent to an activating group) is 1. The number of hydrogen-bond acceptors (Lipinski definition) is 4. The topological polar surface area (TPSA) is 69.8 Å². The number of nitrogens with two attached hydrogens (primary N) is 1.